The Labute approximate surface area is 111 Å². The van der Waals surface area contributed by atoms with Crippen LogP contribution in [0.5, 0.6) is 5.75 Å². The molecule has 1 atom stereocenters. The lowest BCUT2D eigenvalue weighted by molar-refractivity contribution is -0.127. The number of ether oxygens (including phenoxy) is 1. The second-order valence-electron chi connectivity index (χ2n) is 4.08. The van der Waals surface area contributed by atoms with E-state index in [1.54, 1.807) is 26.0 Å². The minimum atomic E-state index is -0.994. The van der Waals surface area contributed by atoms with Gasteiger partial charge in [0, 0.05) is 6.54 Å². The number of hydrogen-bond donors (Lipinski definition) is 2. The molecule has 0 aliphatic rings. The number of hydrogen-bond acceptors (Lipinski definition) is 3. The van der Waals surface area contributed by atoms with Crippen LogP contribution < -0.4 is 10.1 Å². The standard InChI is InChI=1S/C14H17NO4/c1-4-7-15-13(16)10(3)19-12-6-5-11(14(17)18)8-9(12)2/h4-6,8,10H,1,7H2,2-3H3,(H,15,16)(H,17,18). The molecule has 0 saturated carbocycles. The molecule has 1 aromatic carbocycles. The summed E-state index contributed by atoms with van der Waals surface area (Å²) < 4.78 is 5.50. The third-order valence-electron chi connectivity index (χ3n) is 2.52. The largest absolute Gasteiger partial charge is 0.481 e. The molecule has 0 aliphatic carbocycles. The van der Waals surface area contributed by atoms with Crippen LogP contribution in [0.1, 0.15) is 22.8 Å². The Bertz CT molecular complexity index is 496. The molecule has 0 saturated heterocycles. The SMILES string of the molecule is C=CCNC(=O)C(C)Oc1ccc(C(=O)O)cc1C. The molecule has 1 aromatic rings. The Hall–Kier alpha value is -2.30. The first-order valence-electron chi connectivity index (χ1n) is 5.85. The summed E-state index contributed by atoms with van der Waals surface area (Å²) in [7, 11) is 0. The molecule has 1 rings (SSSR count). The molecule has 0 fully saturated rings. The predicted molar refractivity (Wildman–Crippen MR) is 71.4 cm³/mol. The summed E-state index contributed by atoms with van der Waals surface area (Å²) in [5.41, 5.74) is 0.858. The van der Waals surface area contributed by atoms with E-state index in [9.17, 15) is 9.59 Å². The number of rotatable bonds is 6. The molecule has 5 heteroatoms. The molecule has 0 aliphatic heterocycles. The van der Waals surface area contributed by atoms with E-state index in [1.165, 1.54) is 12.1 Å². The van der Waals surface area contributed by atoms with Crippen LogP contribution in [0.15, 0.2) is 30.9 Å². The van der Waals surface area contributed by atoms with Crippen molar-refractivity contribution in [2.75, 3.05) is 6.54 Å². The Morgan fingerprint density at radius 2 is 2.21 bits per heavy atom. The predicted octanol–water partition coefficient (Wildman–Crippen LogP) is 1.76. The highest BCUT2D eigenvalue weighted by atomic mass is 16.5. The average Bonchev–Trinajstić information content (AvgIpc) is 2.37. The van der Waals surface area contributed by atoms with Crippen molar-refractivity contribution in [3.8, 4) is 5.75 Å². The lowest BCUT2D eigenvalue weighted by Crippen LogP contribution is -2.36. The summed E-state index contributed by atoms with van der Waals surface area (Å²) in [4.78, 5) is 22.4. The molecule has 0 aromatic heterocycles. The first-order chi connectivity index (χ1) is 8.95. The Balaban J connectivity index is 2.74. The number of aryl methyl sites for hydroxylation is 1. The number of carbonyl (C=O) groups is 2. The van der Waals surface area contributed by atoms with Gasteiger partial charge in [-0.2, -0.15) is 0 Å². The van der Waals surface area contributed by atoms with Gasteiger partial charge in [0.2, 0.25) is 0 Å². The van der Waals surface area contributed by atoms with Crippen molar-refractivity contribution < 1.29 is 19.4 Å². The summed E-state index contributed by atoms with van der Waals surface area (Å²) in [6.45, 7) is 7.24. The van der Waals surface area contributed by atoms with Crippen LogP contribution >= 0.6 is 0 Å². The monoisotopic (exact) mass is 263 g/mol. The van der Waals surface area contributed by atoms with Crippen molar-refractivity contribution in [1.29, 1.82) is 0 Å². The van der Waals surface area contributed by atoms with E-state index in [0.29, 0.717) is 17.9 Å². The first kappa shape index (κ1) is 14.8. The van der Waals surface area contributed by atoms with Gasteiger partial charge in [-0.1, -0.05) is 6.08 Å². The highest BCUT2D eigenvalue weighted by Crippen LogP contribution is 2.20. The highest BCUT2D eigenvalue weighted by Gasteiger charge is 2.15. The van der Waals surface area contributed by atoms with Crippen LogP contribution in [-0.4, -0.2) is 29.6 Å². The van der Waals surface area contributed by atoms with E-state index in [-0.39, 0.29) is 11.5 Å². The Kier molecular flexibility index (Phi) is 5.11. The van der Waals surface area contributed by atoms with Crippen molar-refractivity contribution in [1.82, 2.24) is 5.32 Å². The minimum absolute atomic E-state index is 0.189. The van der Waals surface area contributed by atoms with Gasteiger partial charge in [-0.05, 0) is 37.6 Å². The number of amides is 1. The number of aromatic carboxylic acids is 1. The number of carbonyl (C=O) groups excluding carboxylic acids is 1. The zero-order valence-electron chi connectivity index (χ0n) is 11.0. The van der Waals surface area contributed by atoms with Crippen LogP contribution in [0.4, 0.5) is 0 Å². The van der Waals surface area contributed by atoms with Crippen LogP contribution in [-0.2, 0) is 4.79 Å². The summed E-state index contributed by atoms with van der Waals surface area (Å²) >= 11 is 0. The van der Waals surface area contributed by atoms with Crippen molar-refractivity contribution in [3.63, 3.8) is 0 Å². The summed E-state index contributed by atoms with van der Waals surface area (Å²) in [6, 6.07) is 4.50. The van der Waals surface area contributed by atoms with Gasteiger partial charge in [-0.15, -0.1) is 6.58 Å². The number of benzene rings is 1. The fourth-order valence-electron chi connectivity index (χ4n) is 1.48. The number of carboxylic acids is 1. The molecule has 2 N–H and O–H groups in total. The van der Waals surface area contributed by atoms with Crippen molar-refractivity contribution in [2.45, 2.75) is 20.0 Å². The quantitative estimate of drug-likeness (QED) is 0.767. The zero-order valence-corrected chi connectivity index (χ0v) is 11.0. The van der Waals surface area contributed by atoms with Gasteiger partial charge in [0.15, 0.2) is 6.10 Å². The summed E-state index contributed by atoms with van der Waals surface area (Å²) in [5.74, 6) is -0.751. The normalized spacial score (nSPS) is 11.5. The van der Waals surface area contributed by atoms with Gasteiger partial charge in [-0.25, -0.2) is 4.79 Å². The topological polar surface area (TPSA) is 75.6 Å². The summed E-state index contributed by atoms with van der Waals surface area (Å²) in [6.07, 6.45) is 0.923. The second kappa shape index (κ2) is 6.58. The van der Waals surface area contributed by atoms with E-state index >= 15 is 0 Å². The van der Waals surface area contributed by atoms with E-state index in [2.05, 4.69) is 11.9 Å². The molecule has 0 heterocycles. The molecule has 102 valence electrons. The average molecular weight is 263 g/mol. The van der Waals surface area contributed by atoms with Crippen LogP contribution in [0.25, 0.3) is 0 Å². The third kappa shape index (κ3) is 4.13. The molecule has 5 nitrogen and oxygen atoms in total. The Morgan fingerprint density at radius 3 is 2.74 bits per heavy atom. The number of nitrogens with one attached hydrogen (secondary N) is 1. The van der Waals surface area contributed by atoms with Gasteiger partial charge < -0.3 is 15.2 Å². The molecular weight excluding hydrogens is 246 g/mol. The second-order valence-corrected chi connectivity index (χ2v) is 4.08. The maximum atomic E-state index is 11.6. The maximum absolute atomic E-state index is 11.6. The van der Waals surface area contributed by atoms with E-state index < -0.39 is 12.1 Å². The smallest absolute Gasteiger partial charge is 0.335 e. The first-order valence-corrected chi connectivity index (χ1v) is 5.85. The molecule has 0 spiro atoms. The van der Waals surface area contributed by atoms with E-state index in [1.807, 2.05) is 0 Å². The maximum Gasteiger partial charge on any atom is 0.335 e. The minimum Gasteiger partial charge on any atom is -0.481 e. The van der Waals surface area contributed by atoms with Gasteiger partial charge in [0.25, 0.3) is 5.91 Å². The molecule has 0 radical (unpaired) electrons. The van der Waals surface area contributed by atoms with Crippen molar-refractivity contribution in [3.05, 3.63) is 42.0 Å². The number of carboxylic acid groups (broad SMARTS) is 1. The lowest BCUT2D eigenvalue weighted by Gasteiger charge is -2.16. The van der Waals surface area contributed by atoms with E-state index in [0.717, 1.165) is 0 Å². The van der Waals surface area contributed by atoms with E-state index in [4.69, 9.17) is 9.84 Å². The highest BCUT2D eigenvalue weighted by molar-refractivity contribution is 5.88. The van der Waals surface area contributed by atoms with Crippen LogP contribution in [0.2, 0.25) is 0 Å². The fourth-order valence-corrected chi connectivity index (χ4v) is 1.48. The summed E-state index contributed by atoms with van der Waals surface area (Å²) in [5, 5.41) is 11.5. The van der Waals surface area contributed by atoms with Crippen LogP contribution in [0.3, 0.4) is 0 Å². The molecule has 1 amide bonds. The van der Waals surface area contributed by atoms with Crippen LogP contribution in [0, 0.1) is 6.92 Å². The molecular formula is C14H17NO4. The van der Waals surface area contributed by atoms with Crippen molar-refractivity contribution >= 4 is 11.9 Å². The van der Waals surface area contributed by atoms with Gasteiger partial charge in [0.1, 0.15) is 5.75 Å². The fraction of sp³-hybridized carbons (Fsp3) is 0.286. The zero-order chi connectivity index (χ0) is 14.4. The van der Waals surface area contributed by atoms with Gasteiger partial charge in [-0.3, -0.25) is 4.79 Å². The molecule has 1 unspecified atom stereocenters. The van der Waals surface area contributed by atoms with Gasteiger partial charge in [0.05, 0.1) is 5.56 Å². The lowest BCUT2D eigenvalue weighted by atomic mass is 10.1. The Morgan fingerprint density at radius 1 is 1.53 bits per heavy atom. The molecule has 0 bridgehead atoms. The molecule has 19 heavy (non-hydrogen) atoms. The third-order valence-corrected chi connectivity index (χ3v) is 2.52. The van der Waals surface area contributed by atoms with Gasteiger partial charge >= 0.3 is 5.97 Å². The van der Waals surface area contributed by atoms with Crippen molar-refractivity contribution in [2.24, 2.45) is 0 Å².